The smallest absolute Gasteiger partial charge is 0.234 e. The molecule has 0 atom stereocenters. The monoisotopic (exact) mass is 364 g/mol. The van der Waals surface area contributed by atoms with E-state index < -0.39 is 0 Å². The van der Waals surface area contributed by atoms with Gasteiger partial charge in [-0.25, -0.2) is 4.98 Å². The molecule has 1 aliphatic carbocycles. The van der Waals surface area contributed by atoms with E-state index in [2.05, 4.69) is 50.5 Å². The number of anilines is 1. The van der Waals surface area contributed by atoms with Gasteiger partial charge in [-0.2, -0.15) is 5.26 Å². The zero-order valence-corrected chi connectivity index (χ0v) is 15.3. The van der Waals surface area contributed by atoms with Crippen LogP contribution < -0.4 is 4.90 Å². The van der Waals surface area contributed by atoms with Crippen molar-refractivity contribution in [1.29, 1.82) is 5.26 Å². The largest absolute Gasteiger partial charge is 0.423 e. The quantitative estimate of drug-likeness (QED) is 0.701. The fourth-order valence-electron chi connectivity index (χ4n) is 3.63. The Balaban J connectivity index is 1.27. The highest BCUT2D eigenvalue weighted by atomic mass is 32.1. The summed E-state index contributed by atoms with van der Waals surface area (Å²) in [6.45, 7) is 4.65. The molecule has 3 aromatic rings. The fourth-order valence-corrected chi connectivity index (χ4v) is 4.58. The van der Waals surface area contributed by atoms with E-state index in [0.29, 0.717) is 17.5 Å². The average Bonchev–Trinajstić information content (AvgIpc) is 3.32. The molecule has 1 saturated heterocycles. The van der Waals surface area contributed by atoms with Gasteiger partial charge in [0.2, 0.25) is 17.5 Å². The molecular formula is C20H20N4OS. The molecule has 3 heterocycles. The van der Waals surface area contributed by atoms with Crippen LogP contribution in [0.4, 0.5) is 5.88 Å². The summed E-state index contributed by atoms with van der Waals surface area (Å²) in [7, 11) is 0. The normalized spacial score (nSPS) is 18.3. The van der Waals surface area contributed by atoms with E-state index in [4.69, 9.17) is 4.42 Å². The highest BCUT2D eigenvalue weighted by molar-refractivity contribution is 7.17. The molecule has 2 fully saturated rings. The van der Waals surface area contributed by atoms with Crippen LogP contribution in [0.15, 0.2) is 34.1 Å². The van der Waals surface area contributed by atoms with Gasteiger partial charge in [-0.3, -0.25) is 4.90 Å². The Morgan fingerprint density at radius 3 is 2.77 bits per heavy atom. The first-order chi connectivity index (χ1) is 12.8. The molecule has 1 aromatic carbocycles. The van der Waals surface area contributed by atoms with Gasteiger partial charge in [0.25, 0.3) is 0 Å². The Labute approximate surface area is 156 Å². The summed E-state index contributed by atoms with van der Waals surface area (Å²) in [6.07, 6.45) is 2.26. The van der Waals surface area contributed by atoms with Crippen molar-refractivity contribution in [2.75, 3.05) is 31.1 Å². The number of benzene rings is 1. The van der Waals surface area contributed by atoms with E-state index in [1.807, 2.05) is 11.3 Å². The van der Waals surface area contributed by atoms with Gasteiger partial charge in [0, 0.05) is 43.3 Å². The number of nitrogens with zero attached hydrogens (tertiary/aromatic N) is 4. The van der Waals surface area contributed by atoms with Crippen LogP contribution in [0.25, 0.3) is 10.1 Å². The van der Waals surface area contributed by atoms with E-state index in [0.717, 1.165) is 51.5 Å². The Morgan fingerprint density at radius 1 is 1.19 bits per heavy atom. The molecule has 0 N–H and O–H groups in total. The predicted octanol–water partition coefficient (Wildman–Crippen LogP) is 3.96. The van der Waals surface area contributed by atoms with Crippen molar-refractivity contribution in [2.24, 2.45) is 0 Å². The van der Waals surface area contributed by atoms with Crippen LogP contribution in [-0.4, -0.2) is 36.1 Å². The van der Waals surface area contributed by atoms with Crippen molar-refractivity contribution < 1.29 is 4.42 Å². The molecule has 5 nitrogen and oxygen atoms in total. The van der Waals surface area contributed by atoms with Crippen molar-refractivity contribution in [3.05, 3.63) is 46.8 Å². The molecule has 6 heteroatoms. The molecule has 0 radical (unpaired) electrons. The van der Waals surface area contributed by atoms with Crippen LogP contribution in [0, 0.1) is 11.3 Å². The number of rotatable bonds is 4. The summed E-state index contributed by atoms with van der Waals surface area (Å²) in [5, 5.41) is 13.0. The minimum atomic E-state index is 0.434. The van der Waals surface area contributed by atoms with Crippen molar-refractivity contribution >= 4 is 27.3 Å². The highest BCUT2D eigenvalue weighted by Gasteiger charge is 2.32. The lowest BCUT2D eigenvalue weighted by Crippen LogP contribution is -2.46. The lowest BCUT2D eigenvalue weighted by Gasteiger charge is -2.34. The van der Waals surface area contributed by atoms with Crippen molar-refractivity contribution in [1.82, 2.24) is 9.88 Å². The van der Waals surface area contributed by atoms with Crippen LogP contribution in [0.1, 0.15) is 35.9 Å². The molecule has 2 aromatic heterocycles. The number of thiophene rings is 1. The number of hydrogen-bond donors (Lipinski definition) is 0. The molecule has 26 heavy (non-hydrogen) atoms. The minimum absolute atomic E-state index is 0.434. The zero-order chi connectivity index (χ0) is 17.5. The first kappa shape index (κ1) is 15.9. The minimum Gasteiger partial charge on any atom is -0.423 e. The highest BCUT2D eigenvalue weighted by Crippen LogP contribution is 2.41. The fraction of sp³-hybridized carbons (Fsp3) is 0.400. The summed E-state index contributed by atoms with van der Waals surface area (Å²) < 4.78 is 7.30. The van der Waals surface area contributed by atoms with Gasteiger partial charge >= 0.3 is 0 Å². The number of nitriles is 1. The van der Waals surface area contributed by atoms with Crippen molar-refractivity contribution in [3.63, 3.8) is 0 Å². The molecule has 0 amide bonds. The van der Waals surface area contributed by atoms with Crippen molar-refractivity contribution in [3.8, 4) is 6.07 Å². The number of aromatic nitrogens is 1. The Bertz CT molecular complexity index is 973. The zero-order valence-electron chi connectivity index (χ0n) is 14.5. The van der Waals surface area contributed by atoms with E-state index in [-0.39, 0.29) is 0 Å². The molecule has 132 valence electrons. The van der Waals surface area contributed by atoms with E-state index in [1.165, 1.54) is 15.6 Å². The maximum absolute atomic E-state index is 9.38. The van der Waals surface area contributed by atoms with Gasteiger partial charge < -0.3 is 9.32 Å². The number of hydrogen-bond acceptors (Lipinski definition) is 6. The Hall–Kier alpha value is -2.36. The van der Waals surface area contributed by atoms with Crippen LogP contribution in [0.2, 0.25) is 0 Å². The summed E-state index contributed by atoms with van der Waals surface area (Å²) >= 11 is 1.82. The summed E-state index contributed by atoms with van der Waals surface area (Å²) in [5.41, 5.74) is 1.86. The Kier molecular flexibility index (Phi) is 3.92. The third kappa shape index (κ3) is 2.87. The molecule has 2 aliphatic rings. The second-order valence-electron chi connectivity index (χ2n) is 7.11. The lowest BCUT2D eigenvalue weighted by molar-refractivity contribution is 0.246. The maximum atomic E-state index is 9.38. The van der Waals surface area contributed by atoms with Crippen LogP contribution >= 0.6 is 11.3 Å². The standard InChI is InChI=1S/C20H20N4OS/c21-11-17-20(25-19(22-17)14-5-6-14)24-9-7-23(8-10-24)12-15-13-26-18-4-2-1-3-16(15)18/h1-4,13-14H,5-10,12H2. The van der Waals surface area contributed by atoms with Crippen LogP contribution in [0.3, 0.4) is 0 Å². The first-order valence-electron chi connectivity index (χ1n) is 9.15. The van der Waals surface area contributed by atoms with Gasteiger partial charge in [-0.15, -0.1) is 11.3 Å². The number of oxazole rings is 1. The second kappa shape index (κ2) is 6.42. The van der Waals surface area contributed by atoms with Crippen molar-refractivity contribution in [2.45, 2.75) is 25.3 Å². The maximum Gasteiger partial charge on any atom is 0.234 e. The van der Waals surface area contributed by atoms with Gasteiger partial charge in [-0.1, -0.05) is 18.2 Å². The molecule has 0 unspecified atom stereocenters. The first-order valence-corrected chi connectivity index (χ1v) is 10.0. The lowest BCUT2D eigenvalue weighted by atomic mass is 10.1. The molecule has 1 saturated carbocycles. The van der Waals surface area contributed by atoms with E-state index >= 15 is 0 Å². The Morgan fingerprint density at radius 2 is 2.00 bits per heavy atom. The molecule has 0 spiro atoms. The third-order valence-corrected chi connectivity index (χ3v) is 6.29. The predicted molar refractivity (Wildman–Crippen MR) is 103 cm³/mol. The SMILES string of the molecule is N#Cc1nc(C2CC2)oc1N1CCN(Cc2csc3ccccc23)CC1. The van der Waals surface area contributed by atoms with Gasteiger partial charge in [0.15, 0.2) is 0 Å². The topological polar surface area (TPSA) is 56.3 Å². The third-order valence-electron chi connectivity index (χ3n) is 5.27. The molecule has 1 aliphatic heterocycles. The molecule has 5 rings (SSSR count). The summed E-state index contributed by atoms with van der Waals surface area (Å²) in [6, 6.07) is 10.8. The van der Waals surface area contributed by atoms with Gasteiger partial charge in [-0.05, 0) is 35.2 Å². The number of fused-ring (bicyclic) bond motifs is 1. The summed E-state index contributed by atoms with van der Waals surface area (Å²) in [4.78, 5) is 9.06. The molecule has 0 bridgehead atoms. The van der Waals surface area contributed by atoms with E-state index in [9.17, 15) is 5.26 Å². The molecular weight excluding hydrogens is 344 g/mol. The average molecular weight is 364 g/mol. The van der Waals surface area contributed by atoms with Gasteiger partial charge in [0.1, 0.15) is 6.07 Å². The van der Waals surface area contributed by atoms with Crippen LogP contribution in [0.5, 0.6) is 0 Å². The summed E-state index contributed by atoms with van der Waals surface area (Å²) in [5.74, 6) is 1.86. The van der Waals surface area contributed by atoms with E-state index in [1.54, 1.807) is 0 Å². The second-order valence-corrected chi connectivity index (χ2v) is 8.02. The van der Waals surface area contributed by atoms with Crippen LogP contribution in [-0.2, 0) is 6.54 Å². The van der Waals surface area contributed by atoms with Gasteiger partial charge in [0.05, 0.1) is 0 Å². The number of piperazine rings is 1.